The van der Waals surface area contributed by atoms with Crippen molar-refractivity contribution in [3.63, 3.8) is 0 Å². The summed E-state index contributed by atoms with van der Waals surface area (Å²) in [7, 11) is 0. The first-order valence-corrected chi connectivity index (χ1v) is 9.06. The summed E-state index contributed by atoms with van der Waals surface area (Å²) in [6.45, 7) is 5.07. The number of carbonyl (C=O) groups excluding carboxylic acids is 1. The van der Waals surface area contributed by atoms with Crippen LogP contribution in [-0.4, -0.2) is 18.5 Å². The van der Waals surface area contributed by atoms with Crippen LogP contribution in [0.15, 0.2) is 30.3 Å². The molecule has 2 aliphatic rings. The van der Waals surface area contributed by atoms with Crippen LogP contribution in [0.4, 0.5) is 0 Å². The van der Waals surface area contributed by atoms with Crippen molar-refractivity contribution in [1.29, 1.82) is 0 Å². The molecule has 2 atom stereocenters. The molecule has 0 aliphatic heterocycles. The molecule has 1 aromatic carbocycles. The quantitative estimate of drug-likeness (QED) is 0.896. The summed E-state index contributed by atoms with van der Waals surface area (Å²) >= 11 is 0. The highest BCUT2D eigenvalue weighted by Gasteiger charge is 2.40. The van der Waals surface area contributed by atoms with Gasteiger partial charge in [-0.25, -0.2) is 0 Å². The maximum absolute atomic E-state index is 12.7. The Kier molecular flexibility index (Phi) is 4.77. The van der Waals surface area contributed by atoms with E-state index in [9.17, 15) is 4.79 Å². The van der Waals surface area contributed by atoms with Crippen molar-refractivity contribution in [2.75, 3.05) is 6.54 Å². The normalized spacial score (nSPS) is 30.7. The van der Waals surface area contributed by atoms with Crippen LogP contribution in [0.5, 0.6) is 0 Å². The molecule has 2 saturated carbocycles. The van der Waals surface area contributed by atoms with Gasteiger partial charge >= 0.3 is 0 Å². The molecule has 1 amide bonds. The van der Waals surface area contributed by atoms with Gasteiger partial charge in [0.25, 0.3) is 0 Å². The fourth-order valence-electron chi connectivity index (χ4n) is 4.45. The predicted molar refractivity (Wildman–Crippen MR) is 94.0 cm³/mol. The van der Waals surface area contributed by atoms with E-state index in [4.69, 9.17) is 5.73 Å². The van der Waals surface area contributed by atoms with Crippen LogP contribution < -0.4 is 11.1 Å². The summed E-state index contributed by atoms with van der Waals surface area (Å²) in [5.41, 5.74) is 7.56. The number of hydrogen-bond donors (Lipinski definition) is 2. The maximum Gasteiger partial charge on any atom is 0.223 e. The van der Waals surface area contributed by atoms with E-state index in [1.165, 1.54) is 24.8 Å². The molecule has 0 saturated heterocycles. The monoisotopic (exact) mass is 314 g/mol. The lowest BCUT2D eigenvalue weighted by Gasteiger charge is -2.43. The molecule has 0 radical (unpaired) electrons. The van der Waals surface area contributed by atoms with E-state index in [0.717, 1.165) is 12.8 Å². The molecule has 23 heavy (non-hydrogen) atoms. The van der Waals surface area contributed by atoms with E-state index in [2.05, 4.69) is 43.4 Å². The van der Waals surface area contributed by atoms with Crippen molar-refractivity contribution in [2.24, 2.45) is 23.5 Å². The van der Waals surface area contributed by atoms with Crippen molar-refractivity contribution in [3.05, 3.63) is 35.9 Å². The first-order chi connectivity index (χ1) is 11.0. The van der Waals surface area contributed by atoms with Crippen LogP contribution in [0.25, 0.3) is 0 Å². The molecule has 126 valence electrons. The molecule has 3 N–H and O–H groups in total. The predicted octanol–water partition coefficient (Wildman–Crippen LogP) is 3.23. The maximum atomic E-state index is 12.7. The van der Waals surface area contributed by atoms with Crippen LogP contribution in [-0.2, 0) is 10.2 Å². The van der Waals surface area contributed by atoms with Crippen molar-refractivity contribution in [2.45, 2.75) is 57.4 Å². The van der Waals surface area contributed by atoms with Gasteiger partial charge in [0.2, 0.25) is 5.91 Å². The smallest absolute Gasteiger partial charge is 0.223 e. The van der Waals surface area contributed by atoms with E-state index in [1.807, 2.05) is 6.07 Å². The summed E-state index contributed by atoms with van der Waals surface area (Å²) in [5.74, 6) is 1.51. The van der Waals surface area contributed by atoms with Gasteiger partial charge in [-0.05, 0) is 43.1 Å². The molecule has 2 fully saturated rings. The van der Waals surface area contributed by atoms with Gasteiger partial charge in [-0.1, -0.05) is 50.6 Å². The third-order valence-corrected chi connectivity index (χ3v) is 6.04. The van der Waals surface area contributed by atoms with Gasteiger partial charge in [-0.15, -0.1) is 0 Å². The Bertz CT molecular complexity index is 526. The zero-order chi connectivity index (χ0) is 16.4. The van der Waals surface area contributed by atoms with Crippen LogP contribution in [0.2, 0.25) is 0 Å². The Hall–Kier alpha value is -1.35. The standard InChI is InChI=1S/C20H30N2O/c1-20(2,17-9-4-3-5-10-17)13-22-19(23)16-11-14-7-6-8-15(12-16)18(14)21/h3-5,9-10,14-16,18H,6-8,11-13,21H2,1-2H3,(H,22,23). The molecule has 0 aromatic heterocycles. The third-order valence-electron chi connectivity index (χ3n) is 6.04. The van der Waals surface area contributed by atoms with Crippen molar-refractivity contribution < 1.29 is 4.79 Å². The summed E-state index contributed by atoms with van der Waals surface area (Å²) in [6.07, 6.45) is 5.66. The first-order valence-electron chi connectivity index (χ1n) is 9.06. The molecule has 0 heterocycles. The van der Waals surface area contributed by atoms with Gasteiger partial charge in [0.05, 0.1) is 0 Å². The summed E-state index contributed by atoms with van der Waals surface area (Å²) in [4.78, 5) is 12.7. The molecule has 1 aromatic rings. The third kappa shape index (κ3) is 3.60. The van der Waals surface area contributed by atoms with E-state index < -0.39 is 0 Å². The van der Waals surface area contributed by atoms with Crippen LogP contribution >= 0.6 is 0 Å². The molecular formula is C20H30N2O. The highest BCUT2D eigenvalue weighted by Crippen LogP contribution is 2.41. The Morgan fingerprint density at radius 2 is 1.78 bits per heavy atom. The fraction of sp³-hybridized carbons (Fsp3) is 0.650. The Morgan fingerprint density at radius 1 is 1.17 bits per heavy atom. The highest BCUT2D eigenvalue weighted by atomic mass is 16.1. The number of nitrogens with two attached hydrogens (primary N) is 1. The molecule has 0 spiro atoms. The van der Waals surface area contributed by atoms with E-state index in [1.54, 1.807) is 0 Å². The topological polar surface area (TPSA) is 55.1 Å². The molecule has 3 nitrogen and oxygen atoms in total. The second kappa shape index (κ2) is 6.64. The Labute approximate surface area is 140 Å². The van der Waals surface area contributed by atoms with Crippen LogP contribution in [0, 0.1) is 17.8 Å². The fourth-order valence-corrected chi connectivity index (χ4v) is 4.45. The minimum absolute atomic E-state index is 0.0438. The summed E-state index contributed by atoms with van der Waals surface area (Å²) in [5, 5.41) is 3.22. The van der Waals surface area contributed by atoms with Crippen molar-refractivity contribution >= 4 is 5.91 Å². The highest BCUT2D eigenvalue weighted by molar-refractivity contribution is 5.79. The van der Waals surface area contributed by atoms with Gasteiger partial charge in [0.1, 0.15) is 0 Å². The largest absolute Gasteiger partial charge is 0.355 e. The zero-order valence-corrected chi connectivity index (χ0v) is 14.4. The van der Waals surface area contributed by atoms with Gasteiger partial charge in [-0.2, -0.15) is 0 Å². The summed E-state index contributed by atoms with van der Waals surface area (Å²) < 4.78 is 0. The lowest BCUT2D eigenvalue weighted by Crippen LogP contribution is -2.50. The Balaban J connectivity index is 1.57. The minimum Gasteiger partial charge on any atom is -0.355 e. The average molecular weight is 314 g/mol. The Morgan fingerprint density at radius 3 is 2.39 bits per heavy atom. The molecule has 2 bridgehead atoms. The van der Waals surface area contributed by atoms with Gasteiger partial charge in [-0.3, -0.25) is 4.79 Å². The lowest BCUT2D eigenvalue weighted by molar-refractivity contribution is -0.128. The molecule has 2 aliphatic carbocycles. The number of benzene rings is 1. The van der Waals surface area contributed by atoms with E-state index >= 15 is 0 Å². The lowest BCUT2D eigenvalue weighted by atomic mass is 9.65. The van der Waals surface area contributed by atoms with Crippen molar-refractivity contribution in [1.82, 2.24) is 5.32 Å². The van der Waals surface area contributed by atoms with Gasteiger partial charge in [0, 0.05) is 23.9 Å². The van der Waals surface area contributed by atoms with Crippen LogP contribution in [0.3, 0.4) is 0 Å². The van der Waals surface area contributed by atoms with Crippen molar-refractivity contribution in [3.8, 4) is 0 Å². The number of hydrogen-bond acceptors (Lipinski definition) is 2. The van der Waals surface area contributed by atoms with Crippen LogP contribution in [0.1, 0.15) is 51.5 Å². The average Bonchev–Trinajstić information content (AvgIpc) is 2.53. The number of fused-ring (bicyclic) bond motifs is 2. The van der Waals surface area contributed by atoms with Gasteiger partial charge < -0.3 is 11.1 Å². The minimum atomic E-state index is -0.0438. The first kappa shape index (κ1) is 16.5. The van der Waals surface area contributed by atoms with E-state index in [-0.39, 0.29) is 17.2 Å². The summed E-state index contributed by atoms with van der Waals surface area (Å²) in [6, 6.07) is 10.7. The van der Waals surface area contributed by atoms with E-state index in [0.29, 0.717) is 24.4 Å². The zero-order valence-electron chi connectivity index (χ0n) is 14.4. The second-order valence-corrected chi connectivity index (χ2v) is 8.16. The number of nitrogens with one attached hydrogen (secondary N) is 1. The SMILES string of the molecule is CC(C)(CNC(=O)C1CC2CCCC(C1)C2N)c1ccccc1. The molecule has 3 rings (SSSR count). The number of carbonyl (C=O) groups is 1. The second-order valence-electron chi connectivity index (χ2n) is 8.16. The van der Waals surface area contributed by atoms with Gasteiger partial charge in [0.15, 0.2) is 0 Å². The number of amides is 1. The molecule has 3 heteroatoms. The number of rotatable bonds is 4. The molecular weight excluding hydrogens is 284 g/mol. The molecule has 2 unspecified atom stereocenters.